The van der Waals surface area contributed by atoms with E-state index in [4.69, 9.17) is 9.72 Å². The number of aryl methyl sites for hydroxylation is 2. The standard InChI is InChI=1S/C23H33N3O3S2/c1-14-11-15(2)13-25(12-14)21(27)16(3)30-23-24-20-19(22(28)26(23)9-10-29-4)17-7-5-6-8-18(17)31-20/h14-16H,5-13H2,1-4H3/t14-,15-,16+/m0/s1. The average Bonchev–Trinajstić information content (AvgIpc) is 3.10. The Morgan fingerprint density at radius 3 is 2.68 bits per heavy atom. The summed E-state index contributed by atoms with van der Waals surface area (Å²) in [5.41, 5.74) is 1.22. The number of thiophene rings is 1. The molecule has 0 radical (unpaired) electrons. The van der Waals surface area contributed by atoms with E-state index < -0.39 is 0 Å². The van der Waals surface area contributed by atoms with Gasteiger partial charge in [-0.25, -0.2) is 4.98 Å². The third kappa shape index (κ3) is 4.71. The fourth-order valence-corrected chi connectivity index (χ4v) is 7.32. The van der Waals surface area contributed by atoms with Crippen LogP contribution >= 0.6 is 23.1 Å². The Kier molecular flexibility index (Phi) is 7.08. The molecular formula is C23H33N3O3S2. The molecule has 0 spiro atoms. The first-order valence-corrected chi connectivity index (χ1v) is 13.1. The van der Waals surface area contributed by atoms with E-state index in [0.717, 1.165) is 42.6 Å². The number of ether oxygens (including phenoxy) is 1. The van der Waals surface area contributed by atoms with Crippen molar-refractivity contribution in [2.45, 2.75) is 69.8 Å². The zero-order chi connectivity index (χ0) is 22.1. The summed E-state index contributed by atoms with van der Waals surface area (Å²) in [6.07, 6.45) is 5.48. The fourth-order valence-electron chi connectivity index (χ4n) is 5.00. The maximum atomic E-state index is 13.5. The topological polar surface area (TPSA) is 64.4 Å². The Hall–Kier alpha value is -1.38. The molecule has 0 unspecified atom stereocenters. The molecule has 0 N–H and O–H groups in total. The van der Waals surface area contributed by atoms with Crippen LogP contribution in [0.25, 0.3) is 10.2 Å². The van der Waals surface area contributed by atoms with Crippen molar-refractivity contribution in [3.8, 4) is 0 Å². The second kappa shape index (κ2) is 9.63. The van der Waals surface area contributed by atoms with E-state index in [1.54, 1.807) is 23.0 Å². The number of rotatable bonds is 6. The largest absolute Gasteiger partial charge is 0.383 e. The Bertz CT molecular complexity index is 1010. The minimum atomic E-state index is -0.287. The fraction of sp³-hybridized carbons (Fsp3) is 0.696. The van der Waals surface area contributed by atoms with Crippen molar-refractivity contribution in [2.24, 2.45) is 11.8 Å². The molecule has 0 bridgehead atoms. The van der Waals surface area contributed by atoms with Crippen molar-refractivity contribution in [1.82, 2.24) is 14.5 Å². The smallest absolute Gasteiger partial charge is 0.263 e. The molecule has 4 rings (SSSR count). The molecule has 1 amide bonds. The van der Waals surface area contributed by atoms with Crippen molar-refractivity contribution >= 4 is 39.2 Å². The first-order valence-electron chi connectivity index (χ1n) is 11.4. The Morgan fingerprint density at radius 2 is 1.97 bits per heavy atom. The first-order chi connectivity index (χ1) is 14.9. The van der Waals surface area contributed by atoms with Gasteiger partial charge in [0.1, 0.15) is 4.83 Å². The van der Waals surface area contributed by atoms with Gasteiger partial charge in [0.15, 0.2) is 5.16 Å². The van der Waals surface area contributed by atoms with E-state index >= 15 is 0 Å². The van der Waals surface area contributed by atoms with Gasteiger partial charge in [0.05, 0.1) is 23.8 Å². The highest BCUT2D eigenvalue weighted by Gasteiger charge is 2.30. The van der Waals surface area contributed by atoms with Crippen LogP contribution in [0.3, 0.4) is 0 Å². The molecule has 0 saturated carbocycles. The molecule has 1 aliphatic carbocycles. The maximum Gasteiger partial charge on any atom is 0.263 e. The summed E-state index contributed by atoms with van der Waals surface area (Å²) in [7, 11) is 1.64. The van der Waals surface area contributed by atoms with Gasteiger partial charge in [-0.1, -0.05) is 25.6 Å². The van der Waals surface area contributed by atoms with Crippen LogP contribution in [0.15, 0.2) is 9.95 Å². The Morgan fingerprint density at radius 1 is 1.26 bits per heavy atom. The van der Waals surface area contributed by atoms with Crippen LogP contribution in [-0.4, -0.2) is 52.4 Å². The highest BCUT2D eigenvalue weighted by Crippen LogP contribution is 2.35. The summed E-state index contributed by atoms with van der Waals surface area (Å²) in [5.74, 6) is 1.19. The number of nitrogens with zero attached hydrogens (tertiary/aromatic N) is 3. The molecule has 3 atom stereocenters. The zero-order valence-electron chi connectivity index (χ0n) is 19.0. The van der Waals surface area contributed by atoms with Crippen LogP contribution < -0.4 is 5.56 Å². The number of likely N-dealkylation sites (tertiary alicyclic amines) is 1. The van der Waals surface area contributed by atoms with E-state index in [1.165, 1.54) is 35.0 Å². The van der Waals surface area contributed by atoms with Gasteiger partial charge in [0.25, 0.3) is 5.56 Å². The van der Waals surface area contributed by atoms with Crippen LogP contribution in [0.2, 0.25) is 0 Å². The summed E-state index contributed by atoms with van der Waals surface area (Å²) in [6.45, 7) is 8.88. The lowest BCUT2D eigenvalue weighted by molar-refractivity contribution is -0.132. The second-order valence-corrected chi connectivity index (χ2v) is 11.6. The molecule has 2 aliphatic rings. The first kappa shape index (κ1) is 22.8. The van der Waals surface area contributed by atoms with E-state index in [2.05, 4.69) is 13.8 Å². The molecule has 1 fully saturated rings. The van der Waals surface area contributed by atoms with E-state index in [0.29, 0.717) is 30.1 Å². The van der Waals surface area contributed by atoms with E-state index in [-0.39, 0.29) is 16.7 Å². The molecule has 170 valence electrons. The minimum absolute atomic E-state index is 0.0174. The van der Waals surface area contributed by atoms with Gasteiger partial charge >= 0.3 is 0 Å². The average molecular weight is 464 g/mol. The van der Waals surface area contributed by atoms with Gasteiger partial charge in [-0.15, -0.1) is 11.3 Å². The highest BCUT2D eigenvalue weighted by atomic mass is 32.2. The van der Waals surface area contributed by atoms with Crippen LogP contribution in [0, 0.1) is 11.8 Å². The van der Waals surface area contributed by atoms with Gasteiger partial charge in [-0.2, -0.15) is 0 Å². The number of carbonyl (C=O) groups is 1. The molecule has 1 aliphatic heterocycles. The molecule has 6 nitrogen and oxygen atoms in total. The number of amides is 1. The highest BCUT2D eigenvalue weighted by molar-refractivity contribution is 8.00. The molecule has 8 heteroatoms. The molecule has 2 aromatic heterocycles. The van der Waals surface area contributed by atoms with Crippen molar-refractivity contribution in [3.05, 3.63) is 20.8 Å². The quantitative estimate of drug-likeness (QED) is 0.479. The Labute approximate surface area is 192 Å². The van der Waals surface area contributed by atoms with Crippen LogP contribution in [0.4, 0.5) is 0 Å². The predicted molar refractivity (Wildman–Crippen MR) is 127 cm³/mol. The number of thioether (sulfide) groups is 1. The molecule has 2 aromatic rings. The van der Waals surface area contributed by atoms with Crippen molar-refractivity contribution in [3.63, 3.8) is 0 Å². The van der Waals surface area contributed by atoms with Gasteiger partial charge in [0.2, 0.25) is 5.91 Å². The number of fused-ring (bicyclic) bond motifs is 3. The summed E-state index contributed by atoms with van der Waals surface area (Å²) >= 11 is 3.07. The summed E-state index contributed by atoms with van der Waals surface area (Å²) in [6, 6.07) is 0. The zero-order valence-corrected chi connectivity index (χ0v) is 20.6. The lowest BCUT2D eigenvalue weighted by atomic mass is 9.92. The van der Waals surface area contributed by atoms with E-state index in [1.807, 2.05) is 11.8 Å². The molecule has 0 aromatic carbocycles. The second-order valence-electron chi connectivity index (χ2n) is 9.18. The number of hydrogen-bond acceptors (Lipinski definition) is 6. The monoisotopic (exact) mass is 463 g/mol. The normalized spacial score (nSPS) is 22.5. The lowest BCUT2D eigenvalue weighted by Gasteiger charge is -2.36. The van der Waals surface area contributed by atoms with Crippen molar-refractivity contribution in [1.29, 1.82) is 0 Å². The third-order valence-electron chi connectivity index (χ3n) is 6.37. The number of hydrogen-bond donors (Lipinski definition) is 0. The number of carbonyl (C=O) groups excluding carboxylic acids is 1. The number of methoxy groups -OCH3 is 1. The van der Waals surface area contributed by atoms with Gasteiger partial charge in [0, 0.05) is 25.1 Å². The van der Waals surface area contributed by atoms with Crippen LogP contribution in [0.1, 0.15) is 50.5 Å². The molecule has 31 heavy (non-hydrogen) atoms. The molecule has 3 heterocycles. The predicted octanol–water partition coefficient (Wildman–Crippen LogP) is 3.97. The molecule has 1 saturated heterocycles. The van der Waals surface area contributed by atoms with Gasteiger partial charge in [-0.3, -0.25) is 14.2 Å². The van der Waals surface area contributed by atoms with E-state index in [9.17, 15) is 9.59 Å². The van der Waals surface area contributed by atoms with Crippen molar-refractivity contribution in [2.75, 3.05) is 26.8 Å². The van der Waals surface area contributed by atoms with Crippen LogP contribution in [0.5, 0.6) is 0 Å². The maximum absolute atomic E-state index is 13.5. The summed E-state index contributed by atoms with van der Waals surface area (Å²) < 4.78 is 6.99. The van der Waals surface area contributed by atoms with Crippen LogP contribution in [-0.2, 0) is 28.9 Å². The third-order valence-corrected chi connectivity index (χ3v) is 8.63. The summed E-state index contributed by atoms with van der Waals surface area (Å²) in [4.78, 5) is 35.7. The Balaban J connectivity index is 1.65. The minimum Gasteiger partial charge on any atom is -0.383 e. The van der Waals surface area contributed by atoms with Crippen molar-refractivity contribution < 1.29 is 9.53 Å². The SMILES string of the molecule is COCCn1c(S[C@H](C)C(=O)N2C[C@@H](C)C[C@H](C)C2)nc2sc3c(c2c1=O)CCCC3. The lowest BCUT2D eigenvalue weighted by Crippen LogP contribution is -2.45. The number of aromatic nitrogens is 2. The molecular weight excluding hydrogens is 430 g/mol. The van der Waals surface area contributed by atoms with Gasteiger partial charge in [-0.05, 0) is 56.4 Å². The number of piperidine rings is 1. The van der Waals surface area contributed by atoms with Gasteiger partial charge < -0.3 is 9.64 Å². The summed E-state index contributed by atoms with van der Waals surface area (Å²) in [5, 5.41) is 1.13.